The van der Waals surface area contributed by atoms with Crippen LogP contribution in [0.3, 0.4) is 0 Å². The first-order valence-electron chi connectivity index (χ1n) is 8.34. The molecule has 0 N–H and O–H groups in total. The third kappa shape index (κ3) is 2.75. The predicted octanol–water partition coefficient (Wildman–Crippen LogP) is 3.27. The molecule has 2 saturated heterocycles. The number of nitrogens with zero attached hydrogens (tertiary/aromatic N) is 2. The van der Waals surface area contributed by atoms with Crippen molar-refractivity contribution in [2.24, 2.45) is 0 Å². The second kappa shape index (κ2) is 5.92. The van der Waals surface area contributed by atoms with Gasteiger partial charge in [-0.05, 0) is 39.2 Å². The molecule has 104 valence electrons. The zero-order chi connectivity index (χ0) is 12.4. The normalized spacial score (nSPS) is 37.2. The molecule has 2 atom stereocenters. The van der Waals surface area contributed by atoms with Gasteiger partial charge in [-0.1, -0.05) is 32.1 Å². The van der Waals surface area contributed by atoms with E-state index in [0.29, 0.717) is 0 Å². The van der Waals surface area contributed by atoms with Crippen molar-refractivity contribution in [1.29, 1.82) is 0 Å². The molecule has 1 aliphatic carbocycles. The molecule has 1 saturated carbocycles. The maximum Gasteiger partial charge on any atom is 0.0224 e. The quantitative estimate of drug-likeness (QED) is 0.705. The van der Waals surface area contributed by atoms with E-state index < -0.39 is 0 Å². The van der Waals surface area contributed by atoms with E-state index in [1.807, 2.05) is 0 Å². The molecule has 0 aromatic rings. The predicted molar refractivity (Wildman–Crippen MR) is 76.9 cm³/mol. The molecule has 3 aliphatic rings. The van der Waals surface area contributed by atoms with Crippen molar-refractivity contribution in [2.45, 2.75) is 82.8 Å². The van der Waals surface area contributed by atoms with Gasteiger partial charge in [-0.3, -0.25) is 9.80 Å². The summed E-state index contributed by atoms with van der Waals surface area (Å²) in [4.78, 5) is 5.64. The molecule has 0 amide bonds. The zero-order valence-electron chi connectivity index (χ0n) is 12.1. The minimum Gasteiger partial charge on any atom is -0.298 e. The van der Waals surface area contributed by atoms with E-state index in [1.54, 1.807) is 0 Å². The van der Waals surface area contributed by atoms with Crippen LogP contribution in [0.2, 0.25) is 0 Å². The summed E-state index contributed by atoms with van der Waals surface area (Å²) in [7, 11) is 0. The molecule has 18 heavy (non-hydrogen) atoms. The molecule has 2 heteroatoms. The highest BCUT2D eigenvalue weighted by Crippen LogP contribution is 2.30. The van der Waals surface area contributed by atoms with E-state index in [0.717, 1.165) is 18.1 Å². The second-order valence-electron chi connectivity index (χ2n) is 6.84. The fourth-order valence-electron chi connectivity index (χ4n) is 4.49. The average molecular weight is 250 g/mol. The Balaban J connectivity index is 1.62. The summed E-state index contributed by atoms with van der Waals surface area (Å²) >= 11 is 0. The van der Waals surface area contributed by atoms with E-state index in [4.69, 9.17) is 0 Å². The first-order valence-corrected chi connectivity index (χ1v) is 8.34. The fraction of sp³-hybridized carbons (Fsp3) is 1.00. The van der Waals surface area contributed by atoms with Crippen molar-refractivity contribution in [3.63, 3.8) is 0 Å². The molecule has 0 aromatic heterocycles. The van der Waals surface area contributed by atoms with Gasteiger partial charge in [-0.2, -0.15) is 0 Å². The maximum atomic E-state index is 2.89. The topological polar surface area (TPSA) is 6.48 Å². The summed E-state index contributed by atoms with van der Waals surface area (Å²) in [5.74, 6) is 0. The van der Waals surface area contributed by atoms with Crippen molar-refractivity contribution in [1.82, 2.24) is 9.80 Å². The summed E-state index contributed by atoms with van der Waals surface area (Å²) in [6.07, 6.45) is 13.2. The summed E-state index contributed by atoms with van der Waals surface area (Å²) in [5, 5.41) is 0. The lowest BCUT2D eigenvalue weighted by Gasteiger charge is -2.46. The number of piperazine rings is 1. The van der Waals surface area contributed by atoms with E-state index in [1.165, 1.54) is 77.4 Å². The molecule has 2 unspecified atom stereocenters. The van der Waals surface area contributed by atoms with Crippen LogP contribution in [0.4, 0.5) is 0 Å². The lowest BCUT2D eigenvalue weighted by atomic mass is 9.93. The van der Waals surface area contributed by atoms with Crippen LogP contribution in [0.5, 0.6) is 0 Å². The number of fused-ring (bicyclic) bond motifs is 1. The number of rotatable bonds is 1. The largest absolute Gasteiger partial charge is 0.298 e. The summed E-state index contributed by atoms with van der Waals surface area (Å²) < 4.78 is 0. The van der Waals surface area contributed by atoms with E-state index >= 15 is 0 Å². The molecule has 2 aliphatic heterocycles. The van der Waals surface area contributed by atoms with Crippen LogP contribution in [-0.2, 0) is 0 Å². The smallest absolute Gasteiger partial charge is 0.0224 e. The third-order valence-electron chi connectivity index (χ3n) is 5.53. The van der Waals surface area contributed by atoms with Gasteiger partial charge >= 0.3 is 0 Å². The summed E-state index contributed by atoms with van der Waals surface area (Å²) in [5.41, 5.74) is 0. The maximum absolute atomic E-state index is 2.89. The van der Waals surface area contributed by atoms with E-state index in [-0.39, 0.29) is 0 Å². The Bertz CT molecular complexity index is 258. The van der Waals surface area contributed by atoms with Gasteiger partial charge in [0.25, 0.3) is 0 Å². The van der Waals surface area contributed by atoms with E-state index in [9.17, 15) is 0 Å². The highest BCUT2D eigenvalue weighted by molar-refractivity contribution is 4.93. The van der Waals surface area contributed by atoms with Crippen molar-refractivity contribution in [3.05, 3.63) is 0 Å². The Morgan fingerprint density at radius 3 is 2.17 bits per heavy atom. The van der Waals surface area contributed by atoms with Gasteiger partial charge < -0.3 is 0 Å². The van der Waals surface area contributed by atoms with Gasteiger partial charge in [0.2, 0.25) is 0 Å². The van der Waals surface area contributed by atoms with Crippen LogP contribution in [0.25, 0.3) is 0 Å². The van der Waals surface area contributed by atoms with Gasteiger partial charge in [-0.15, -0.1) is 0 Å². The van der Waals surface area contributed by atoms with Crippen LogP contribution in [-0.4, -0.2) is 47.6 Å². The Labute approximate surface area is 113 Å². The molecule has 0 spiro atoms. The van der Waals surface area contributed by atoms with Crippen LogP contribution < -0.4 is 0 Å². The van der Waals surface area contributed by atoms with E-state index in [2.05, 4.69) is 16.7 Å². The molecule has 3 rings (SSSR count). The van der Waals surface area contributed by atoms with Crippen LogP contribution >= 0.6 is 0 Å². The minimum absolute atomic E-state index is 0.795. The molecule has 3 fully saturated rings. The Morgan fingerprint density at radius 1 is 0.722 bits per heavy atom. The molecular formula is C16H30N2. The van der Waals surface area contributed by atoms with Crippen LogP contribution in [0.15, 0.2) is 0 Å². The van der Waals surface area contributed by atoms with Gasteiger partial charge in [0, 0.05) is 31.2 Å². The summed E-state index contributed by atoms with van der Waals surface area (Å²) in [6.45, 7) is 6.54. The van der Waals surface area contributed by atoms with Crippen molar-refractivity contribution >= 4 is 0 Å². The lowest BCUT2D eigenvalue weighted by molar-refractivity contribution is 0.0196. The fourth-order valence-corrected chi connectivity index (χ4v) is 4.49. The Morgan fingerprint density at radius 2 is 1.39 bits per heavy atom. The highest BCUT2D eigenvalue weighted by atomic mass is 15.3. The number of hydrogen-bond acceptors (Lipinski definition) is 2. The summed E-state index contributed by atoms with van der Waals surface area (Å²) in [6, 6.07) is 2.60. The van der Waals surface area contributed by atoms with Crippen molar-refractivity contribution in [3.8, 4) is 0 Å². The Kier molecular flexibility index (Phi) is 4.25. The monoisotopic (exact) mass is 250 g/mol. The second-order valence-corrected chi connectivity index (χ2v) is 6.84. The van der Waals surface area contributed by atoms with Crippen molar-refractivity contribution in [2.75, 3.05) is 19.6 Å². The van der Waals surface area contributed by atoms with Crippen molar-refractivity contribution < 1.29 is 0 Å². The average Bonchev–Trinajstić information content (AvgIpc) is 2.75. The molecule has 0 aromatic carbocycles. The first kappa shape index (κ1) is 12.9. The Hall–Kier alpha value is -0.0800. The molecule has 0 radical (unpaired) electrons. The third-order valence-corrected chi connectivity index (χ3v) is 5.53. The molecule has 0 bridgehead atoms. The van der Waals surface area contributed by atoms with Gasteiger partial charge in [0.1, 0.15) is 0 Å². The van der Waals surface area contributed by atoms with Gasteiger partial charge in [-0.25, -0.2) is 0 Å². The van der Waals surface area contributed by atoms with Gasteiger partial charge in [0.15, 0.2) is 0 Å². The van der Waals surface area contributed by atoms with Crippen LogP contribution in [0, 0.1) is 0 Å². The molecule has 2 nitrogen and oxygen atoms in total. The number of hydrogen-bond donors (Lipinski definition) is 0. The zero-order valence-corrected chi connectivity index (χ0v) is 12.1. The van der Waals surface area contributed by atoms with Crippen LogP contribution in [0.1, 0.15) is 64.7 Å². The standard InChI is InChI=1S/C16H30N2/c1-14-12-17-11-7-10-16(17)13-18(14)15-8-5-3-2-4-6-9-15/h14-16H,2-13H2,1H3. The minimum atomic E-state index is 0.795. The molecular weight excluding hydrogens is 220 g/mol. The highest BCUT2D eigenvalue weighted by Gasteiger charge is 2.36. The first-order chi connectivity index (χ1) is 8.84. The SMILES string of the molecule is CC1CN2CCCC2CN1C1CCCCCCC1. The lowest BCUT2D eigenvalue weighted by Crippen LogP contribution is -2.58. The molecule has 2 heterocycles. The van der Waals surface area contributed by atoms with Gasteiger partial charge in [0.05, 0.1) is 0 Å².